The third-order valence-corrected chi connectivity index (χ3v) is 3.08. The van der Waals surface area contributed by atoms with Gasteiger partial charge in [0.2, 0.25) is 0 Å². The van der Waals surface area contributed by atoms with Crippen LogP contribution in [0.1, 0.15) is 36.7 Å². The van der Waals surface area contributed by atoms with Crippen molar-refractivity contribution in [2.45, 2.75) is 33.6 Å². The third kappa shape index (κ3) is 2.06. The van der Waals surface area contributed by atoms with Crippen LogP contribution in [0.25, 0.3) is 0 Å². The van der Waals surface area contributed by atoms with Crippen LogP contribution in [0.2, 0.25) is 0 Å². The lowest BCUT2D eigenvalue weighted by Gasteiger charge is -2.16. The second-order valence-corrected chi connectivity index (χ2v) is 4.45. The number of aryl methyl sites for hydroxylation is 1. The second kappa shape index (κ2) is 4.09. The van der Waals surface area contributed by atoms with E-state index in [1.165, 1.54) is 0 Å². The Bertz CT molecular complexity index is 377. The number of aliphatic carboxylic acids is 1. The fourth-order valence-electron chi connectivity index (χ4n) is 1.98. The van der Waals surface area contributed by atoms with E-state index in [0.29, 0.717) is 0 Å². The van der Waals surface area contributed by atoms with E-state index in [2.05, 4.69) is 0 Å². The topological polar surface area (TPSA) is 42.2 Å². The van der Waals surface area contributed by atoms with Crippen LogP contribution in [-0.4, -0.2) is 15.6 Å². The Balaban J connectivity index is 3.23. The highest BCUT2D eigenvalue weighted by atomic mass is 16.4. The summed E-state index contributed by atoms with van der Waals surface area (Å²) in [5, 5.41) is 9.21. The van der Waals surface area contributed by atoms with Gasteiger partial charge in [0.05, 0.1) is 5.92 Å². The van der Waals surface area contributed by atoms with Crippen molar-refractivity contribution in [3.05, 3.63) is 23.0 Å². The largest absolute Gasteiger partial charge is 0.481 e. The first kappa shape index (κ1) is 11.8. The van der Waals surface area contributed by atoms with Crippen molar-refractivity contribution in [3.8, 4) is 0 Å². The normalized spacial score (nSPS) is 13.2. The molecule has 1 aromatic rings. The third-order valence-electron chi connectivity index (χ3n) is 3.08. The zero-order valence-electron chi connectivity index (χ0n) is 10.0. The molecule has 1 heterocycles. The molecule has 1 atom stereocenters. The maximum Gasteiger partial charge on any atom is 0.311 e. The van der Waals surface area contributed by atoms with Gasteiger partial charge in [0.15, 0.2) is 0 Å². The van der Waals surface area contributed by atoms with E-state index in [1.807, 2.05) is 45.4 Å². The molecule has 0 aliphatic carbocycles. The number of carboxylic acids is 1. The average Bonchev–Trinajstić information content (AvgIpc) is 2.33. The van der Waals surface area contributed by atoms with Gasteiger partial charge >= 0.3 is 5.97 Å². The molecule has 3 heteroatoms. The number of carbonyl (C=O) groups is 1. The van der Waals surface area contributed by atoms with Gasteiger partial charge in [-0.2, -0.15) is 0 Å². The highest BCUT2D eigenvalue weighted by molar-refractivity contribution is 5.77. The summed E-state index contributed by atoms with van der Waals surface area (Å²) in [5.74, 6) is -1.02. The number of aromatic nitrogens is 1. The lowest BCUT2D eigenvalue weighted by Crippen LogP contribution is -2.18. The quantitative estimate of drug-likeness (QED) is 0.831. The number of rotatable bonds is 3. The van der Waals surface area contributed by atoms with Crippen molar-refractivity contribution >= 4 is 5.97 Å². The summed E-state index contributed by atoms with van der Waals surface area (Å²) in [6.07, 6.45) is 0. The molecule has 0 saturated heterocycles. The van der Waals surface area contributed by atoms with Crippen molar-refractivity contribution in [1.82, 2.24) is 4.57 Å². The summed E-state index contributed by atoms with van der Waals surface area (Å²) in [4.78, 5) is 11.2. The van der Waals surface area contributed by atoms with Gasteiger partial charge in [0.1, 0.15) is 0 Å². The Morgan fingerprint density at radius 1 is 1.40 bits per heavy atom. The second-order valence-electron chi connectivity index (χ2n) is 4.45. The minimum atomic E-state index is -0.737. The lowest BCUT2D eigenvalue weighted by molar-refractivity contribution is -0.139. The molecule has 0 spiro atoms. The molecule has 1 unspecified atom stereocenters. The van der Waals surface area contributed by atoms with Crippen LogP contribution in [0.3, 0.4) is 0 Å². The predicted molar refractivity (Wildman–Crippen MR) is 60.1 cm³/mol. The minimum Gasteiger partial charge on any atom is -0.481 e. The van der Waals surface area contributed by atoms with Gasteiger partial charge in [-0.25, -0.2) is 0 Å². The van der Waals surface area contributed by atoms with Crippen LogP contribution in [-0.2, 0) is 11.8 Å². The van der Waals surface area contributed by atoms with E-state index in [9.17, 15) is 9.90 Å². The maximum atomic E-state index is 11.2. The summed E-state index contributed by atoms with van der Waals surface area (Å²) >= 11 is 0. The van der Waals surface area contributed by atoms with Gasteiger partial charge in [-0.1, -0.05) is 13.8 Å². The number of carboxylic acid groups (broad SMARTS) is 1. The molecule has 1 N–H and O–H groups in total. The van der Waals surface area contributed by atoms with Crippen LogP contribution in [0, 0.1) is 19.8 Å². The van der Waals surface area contributed by atoms with E-state index >= 15 is 0 Å². The fourth-order valence-corrected chi connectivity index (χ4v) is 1.98. The average molecular weight is 209 g/mol. The molecule has 0 radical (unpaired) electrons. The van der Waals surface area contributed by atoms with Crippen molar-refractivity contribution in [2.24, 2.45) is 13.0 Å². The molecule has 1 aromatic heterocycles. The van der Waals surface area contributed by atoms with Gasteiger partial charge in [0.25, 0.3) is 0 Å². The summed E-state index contributed by atoms with van der Waals surface area (Å²) in [7, 11) is 1.97. The molecule has 84 valence electrons. The molecular weight excluding hydrogens is 190 g/mol. The van der Waals surface area contributed by atoms with Crippen molar-refractivity contribution in [3.63, 3.8) is 0 Å². The van der Waals surface area contributed by atoms with Crippen molar-refractivity contribution in [1.29, 1.82) is 0 Å². The summed E-state index contributed by atoms with van der Waals surface area (Å²) in [6, 6.07) is 1.98. The van der Waals surface area contributed by atoms with Crippen molar-refractivity contribution < 1.29 is 9.90 Å². The monoisotopic (exact) mass is 209 g/mol. The predicted octanol–water partition coefficient (Wildman–Crippen LogP) is 2.47. The molecule has 0 amide bonds. The highest BCUT2D eigenvalue weighted by Gasteiger charge is 2.26. The molecule has 0 bridgehead atoms. The Hall–Kier alpha value is -1.25. The SMILES string of the molecule is Cc1cc(C(C(=O)O)C(C)C)c(C)n1C. The standard InChI is InChI=1S/C12H19NO2/c1-7(2)11(12(14)15)10-6-8(3)13(5)9(10)4/h6-7,11H,1-5H3,(H,14,15). The smallest absolute Gasteiger partial charge is 0.311 e. The number of hydrogen-bond acceptors (Lipinski definition) is 1. The molecule has 0 fully saturated rings. The van der Waals surface area contributed by atoms with E-state index < -0.39 is 11.9 Å². The summed E-state index contributed by atoms with van der Waals surface area (Å²) < 4.78 is 2.04. The minimum absolute atomic E-state index is 0.114. The van der Waals surface area contributed by atoms with Gasteiger partial charge in [-0.05, 0) is 31.4 Å². The Kier molecular flexibility index (Phi) is 3.22. The van der Waals surface area contributed by atoms with E-state index in [1.54, 1.807) is 0 Å². The van der Waals surface area contributed by atoms with Crippen LogP contribution < -0.4 is 0 Å². The molecule has 0 aromatic carbocycles. The fraction of sp³-hybridized carbons (Fsp3) is 0.583. The van der Waals surface area contributed by atoms with Gasteiger partial charge in [0, 0.05) is 18.4 Å². The lowest BCUT2D eigenvalue weighted by atomic mass is 9.88. The molecule has 1 rings (SSSR count). The Morgan fingerprint density at radius 3 is 2.20 bits per heavy atom. The van der Waals surface area contributed by atoms with E-state index in [4.69, 9.17) is 0 Å². The van der Waals surface area contributed by atoms with Gasteiger partial charge < -0.3 is 9.67 Å². The van der Waals surface area contributed by atoms with Crippen LogP contribution >= 0.6 is 0 Å². The van der Waals surface area contributed by atoms with Gasteiger partial charge in [-0.15, -0.1) is 0 Å². The molecule has 15 heavy (non-hydrogen) atoms. The zero-order chi connectivity index (χ0) is 11.7. The van der Waals surface area contributed by atoms with Crippen molar-refractivity contribution in [2.75, 3.05) is 0 Å². The molecule has 0 aliphatic heterocycles. The van der Waals surface area contributed by atoms with Crippen LogP contribution in [0.4, 0.5) is 0 Å². The summed E-state index contributed by atoms with van der Waals surface area (Å²) in [6.45, 7) is 7.86. The van der Waals surface area contributed by atoms with E-state index in [0.717, 1.165) is 17.0 Å². The van der Waals surface area contributed by atoms with E-state index in [-0.39, 0.29) is 5.92 Å². The molecule has 3 nitrogen and oxygen atoms in total. The number of nitrogens with zero attached hydrogens (tertiary/aromatic N) is 1. The first-order valence-electron chi connectivity index (χ1n) is 5.21. The Labute approximate surface area is 90.7 Å². The first-order chi connectivity index (χ1) is 6.86. The van der Waals surface area contributed by atoms with Crippen LogP contribution in [0.15, 0.2) is 6.07 Å². The number of hydrogen-bond donors (Lipinski definition) is 1. The highest BCUT2D eigenvalue weighted by Crippen LogP contribution is 2.29. The molecular formula is C12H19NO2. The first-order valence-corrected chi connectivity index (χ1v) is 5.21. The Morgan fingerprint density at radius 2 is 1.93 bits per heavy atom. The maximum absolute atomic E-state index is 11.2. The zero-order valence-corrected chi connectivity index (χ0v) is 10.0. The summed E-state index contributed by atoms with van der Waals surface area (Å²) in [5.41, 5.74) is 3.10. The molecule has 0 aliphatic rings. The van der Waals surface area contributed by atoms with Crippen LogP contribution in [0.5, 0.6) is 0 Å². The molecule has 0 saturated carbocycles. The van der Waals surface area contributed by atoms with Gasteiger partial charge in [-0.3, -0.25) is 4.79 Å².